The number of nitrogens with two attached hydrogens (primary N) is 1. The van der Waals surface area contributed by atoms with Crippen LogP contribution in [-0.2, 0) is 12.8 Å². The van der Waals surface area contributed by atoms with Gasteiger partial charge in [-0.25, -0.2) is 4.39 Å². The monoisotopic (exact) mass is 306 g/mol. The fourth-order valence-electron chi connectivity index (χ4n) is 2.62. The van der Waals surface area contributed by atoms with Crippen molar-refractivity contribution in [3.8, 4) is 5.75 Å². The molecule has 0 aromatic heterocycles. The van der Waals surface area contributed by atoms with Crippen LogP contribution in [0.4, 0.5) is 4.39 Å². The first-order valence-electron chi connectivity index (χ1n) is 6.83. The molecule has 0 spiro atoms. The normalized spacial score (nSPS) is 14.6. The van der Waals surface area contributed by atoms with E-state index in [0.717, 1.165) is 17.7 Å². The maximum absolute atomic E-state index is 13.9. The van der Waals surface area contributed by atoms with Crippen LogP contribution in [0.1, 0.15) is 22.7 Å². The van der Waals surface area contributed by atoms with Gasteiger partial charge in [0.2, 0.25) is 0 Å². The molecule has 1 atom stereocenters. The smallest absolute Gasteiger partial charge is 0.126 e. The summed E-state index contributed by atoms with van der Waals surface area (Å²) in [5.74, 6) is 6.30. The molecule has 0 fully saturated rings. The fourth-order valence-corrected chi connectivity index (χ4v) is 2.81. The maximum Gasteiger partial charge on any atom is 0.126 e. The highest BCUT2D eigenvalue weighted by Gasteiger charge is 2.18. The van der Waals surface area contributed by atoms with E-state index in [9.17, 15) is 4.39 Å². The molecule has 0 bridgehead atoms. The first-order chi connectivity index (χ1) is 10.2. The van der Waals surface area contributed by atoms with E-state index in [1.807, 2.05) is 12.1 Å². The molecule has 1 unspecified atom stereocenters. The fraction of sp³-hybridized carbons (Fsp3) is 0.250. The molecule has 3 rings (SSSR count). The Balaban J connectivity index is 1.86. The first kappa shape index (κ1) is 14.3. The number of benzene rings is 2. The lowest BCUT2D eigenvalue weighted by Crippen LogP contribution is -2.29. The van der Waals surface area contributed by atoms with Crippen LogP contribution >= 0.6 is 11.6 Å². The Morgan fingerprint density at radius 1 is 1.29 bits per heavy atom. The van der Waals surface area contributed by atoms with Crippen LogP contribution in [-0.4, -0.2) is 6.61 Å². The lowest BCUT2D eigenvalue weighted by Gasteiger charge is -2.18. The van der Waals surface area contributed by atoms with Crippen LogP contribution in [0.3, 0.4) is 0 Å². The quantitative estimate of drug-likeness (QED) is 0.674. The number of ether oxygens (including phenoxy) is 1. The van der Waals surface area contributed by atoms with Crippen LogP contribution < -0.4 is 16.0 Å². The summed E-state index contributed by atoms with van der Waals surface area (Å²) in [6.07, 6.45) is 1.33. The van der Waals surface area contributed by atoms with Gasteiger partial charge in [0, 0.05) is 11.4 Å². The maximum atomic E-state index is 13.9. The Labute approximate surface area is 127 Å². The van der Waals surface area contributed by atoms with Gasteiger partial charge in [-0.05, 0) is 47.4 Å². The van der Waals surface area contributed by atoms with Crippen LogP contribution in [0.15, 0.2) is 36.4 Å². The summed E-state index contributed by atoms with van der Waals surface area (Å²) in [6, 6.07) is 10.3. The van der Waals surface area contributed by atoms with Crippen LogP contribution in [0.2, 0.25) is 5.02 Å². The predicted octanol–water partition coefficient (Wildman–Crippen LogP) is 3.16. The van der Waals surface area contributed by atoms with Gasteiger partial charge in [0.25, 0.3) is 0 Å². The molecule has 1 aliphatic rings. The lowest BCUT2D eigenvalue weighted by molar-refractivity contribution is 0.356. The minimum atomic E-state index is -0.274. The van der Waals surface area contributed by atoms with Gasteiger partial charge in [-0.15, -0.1) is 0 Å². The van der Waals surface area contributed by atoms with E-state index in [2.05, 4.69) is 11.5 Å². The number of hydrogen-bond acceptors (Lipinski definition) is 3. The molecule has 110 valence electrons. The summed E-state index contributed by atoms with van der Waals surface area (Å²) in [4.78, 5) is 0. The summed E-state index contributed by atoms with van der Waals surface area (Å²) in [6.45, 7) is 0.711. The molecule has 1 aliphatic heterocycles. The third kappa shape index (κ3) is 3.02. The van der Waals surface area contributed by atoms with E-state index in [1.165, 1.54) is 17.7 Å². The summed E-state index contributed by atoms with van der Waals surface area (Å²) in [5.41, 5.74) is 5.48. The molecule has 0 saturated heterocycles. The van der Waals surface area contributed by atoms with Gasteiger partial charge in [0.15, 0.2) is 0 Å². The Bertz CT molecular complexity index is 663. The minimum absolute atomic E-state index is 0.177. The third-order valence-electron chi connectivity index (χ3n) is 3.75. The lowest BCUT2D eigenvalue weighted by atomic mass is 9.97. The number of rotatable bonds is 4. The molecule has 0 radical (unpaired) electrons. The average molecular weight is 307 g/mol. The van der Waals surface area contributed by atoms with Crippen LogP contribution in [0.5, 0.6) is 5.75 Å². The zero-order chi connectivity index (χ0) is 14.8. The van der Waals surface area contributed by atoms with Crippen molar-refractivity contribution in [1.82, 2.24) is 5.43 Å². The van der Waals surface area contributed by atoms with Gasteiger partial charge in [-0.2, -0.15) is 0 Å². The Morgan fingerprint density at radius 3 is 2.95 bits per heavy atom. The van der Waals surface area contributed by atoms with Crippen molar-refractivity contribution >= 4 is 11.6 Å². The van der Waals surface area contributed by atoms with Gasteiger partial charge in [0.1, 0.15) is 11.6 Å². The Hall–Kier alpha value is -1.62. The topological polar surface area (TPSA) is 47.3 Å². The summed E-state index contributed by atoms with van der Waals surface area (Å²) in [5, 5.41) is 0.518. The number of fused-ring (bicyclic) bond motifs is 1. The van der Waals surface area contributed by atoms with Crippen molar-refractivity contribution in [2.75, 3.05) is 6.61 Å². The van der Waals surface area contributed by atoms with Crippen molar-refractivity contribution in [1.29, 1.82) is 0 Å². The molecule has 2 aromatic rings. The predicted molar refractivity (Wildman–Crippen MR) is 80.8 cm³/mol. The molecule has 3 nitrogen and oxygen atoms in total. The second-order valence-electron chi connectivity index (χ2n) is 5.12. The van der Waals surface area contributed by atoms with Gasteiger partial charge < -0.3 is 4.74 Å². The van der Waals surface area contributed by atoms with Crippen LogP contribution in [0, 0.1) is 5.82 Å². The van der Waals surface area contributed by atoms with Gasteiger partial charge >= 0.3 is 0 Å². The minimum Gasteiger partial charge on any atom is -0.493 e. The Morgan fingerprint density at radius 2 is 2.14 bits per heavy atom. The van der Waals surface area contributed by atoms with Crippen molar-refractivity contribution in [2.24, 2.45) is 5.84 Å². The molecule has 1 heterocycles. The zero-order valence-electron chi connectivity index (χ0n) is 11.4. The highest BCUT2D eigenvalue weighted by molar-refractivity contribution is 6.30. The third-order valence-corrected chi connectivity index (χ3v) is 3.98. The summed E-state index contributed by atoms with van der Waals surface area (Å²) >= 11 is 5.93. The summed E-state index contributed by atoms with van der Waals surface area (Å²) in [7, 11) is 0. The molecule has 3 N–H and O–H groups in total. The second-order valence-corrected chi connectivity index (χ2v) is 5.56. The van der Waals surface area contributed by atoms with Gasteiger partial charge in [-0.1, -0.05) is 23.7 Å². The van der Waals surface area contributed by atoms with Crippen molar-refractivity contribution in [3.05, 3.63) is 63.9 Å². The number of hydrogen-bond donors (Lipinski definition) is 2. The first-order valence-corrected chi connectivity index (χ1v) is 7.21. The SMILES string of the molecule is NNC(Cc1cc(Cl)ccc1F)c1ccc2c(c1)CCO2. The molecule has 2 aromatic carbocycles. The second kappa shape index (κ2) is 6.02. The molecule has 0 amide bonds. The molecular formula is C16H16ClFN2O. The number of hydrazine groups is 1. The largest absolute Gasteiger partial charge is 0.493 e. The van der Waals surface area contributed by atoms with E-state index in [1.54, 1.807) is 6.07 Å². The van der Waals surface area contributed by atoms with Gasteiger partial charge in [-0.3, -0.25) is 11.3 Å². The van der Waals surface area contributed by atoms with E-state index >= 15 is 0 Å². The molecule has 0 aliphatic carbocycles. The molecule has 0 saturated carbocycles. The number of nitrogens with one attached hydrogen (secondary N) is 1. The van der Waals surface area contributed by atoms with Gasteiger partial charge in [0.05, 0.1) is 12.6 Å². The molecular weight excluding hydrogens is 291 g/mol. The summed E-state index contributed by atoms with van der Waals surface area (Å²) < 4.78 is 19.3. The Kier molecular flexibility index (Phi) is 4.10. The van der Waals surface area contributed by atoms with Crippen LogP contribution in [0.25, 0.3) is 0 Å². The highest BCUT2D eigenvalue weighted by atomic mass is 35.5. The van der Waals surface area contributed by atoms with Crippen molar-refractivity contribution in [3.63, 3.8) is 0 Å². The van der Waals surface area contributed by atoms with E-state index < -0.39 is 0 Å². The van der Waals surface area contributed by atoms with Crippen molar-refractivity contribution in [2.45, 2.75) is 18.9 Å². The van der Waals surface area contributed by atoms with E-state index in [4.69, 9.17) is 22.2 Å². The highest BCUT2D eigenvalue weighted by Crippen LogP contribution is 2.29. The van der Waals surface area contributed by atoms with E-state index in [-0.39, 0.29) is 11.9 Å². The number of halogens is 2. The average Bonchev–Trinajstić information content (AvgIpc) is 2.95. The zero-order valence-corrected chi connectivity index (χ0v) is 12.2. The molecule has 5 heteroatoms. The standard InChI is InChI=1S/C16H16ClFN2O/c17-13-2-3-14(18)12(8-13)9-15(20-19)10-1-4-16-11(7-10)5-6-21-16/h1-4,7-8,15,20H,5-6,9,19H2. The van der Waals surface area contributed by atoms with E-state index in [0.29, 0.717) is 23.6 Å². The molecule has 21 heavy (non-hydrogen) atoms. The van der Waals surface area contributed by atoms with Crippen molar-refractivity contribution < 1.29 is 9.13 Å².